The Hall–Kier alpha value is -7.61. The Morgan fingerprint density at radius 1 is 0.705 bits per heavy atom. The number of para-hydroxylation sites is 1. The minimum atomic E-state index is 0.428. The second-order valence-electron chi connectivity index (χ2n) is 14.1. The summed E-state index contributed by atoms with van der Waals surface area (Å²) in [7, 11) is 0. The standard InChI is InChI=1S/C51H37N5OS.C3H6/c1-4-15-34(16-5-2)35-27-25-33(26-28-35)32-53-51(56-49(52-3)37-19-10-7-11-20-37)41-22-14-24-43-45(41)40-30-29-38(31-44(40)58-43)50-54-46(36-17-8-6-9-18-36)48-47(55-50)39-21-12-13-23-42(39)57-48;1-3-2/h4-31H,1,3,32H2,2H3;3H,1H2,2H3/b16-5-,34-15+,53-51?,56-49?;. The highest BCUT2D eigenvalue weighted by molar-refractivity contribution is 7.26. The summed E-state index contributed by atoms with van der Waals surface area (Å²) >= 11 is 1.73. The topological polar surface area (TPSA) is 76.0 Å². The lowest BCUT2D eigenvalue weighted by Gasteiger charge is -2.09. The van der Waals surface area contributed by atoms with Crippen LogP contribution in [0.5, 0.6) is 0 Å². The van der Waals surface area contributed by atoms with Crippen LogP contribution in [0.3, 0.4) is 0 Å². The third-order valence-electron chi connectivity index (χ3n) is 10.00. The van der Waals surface area contributed by atoms with E-state index >= 15 is 0 Å². The maximum atomic E-state index is 6.36. The highest BCUT2D eigenvalue weighted by Gasteiger charge is 2.20. The van der Waals surface area contributed by atoms with Crippen molar-refractivity contribution in [3.63, 3.8) is 0 Å². The minimum absolute atomic E-state index is 0.428. The number of thiophene rings is 1. The molecule has 9 aromatic rings. The molecule has 0 N–H and O–H groups in total. The molecule has 9 rings (SSSR count). The fraction of sp³-hybridized carbons (Fsp3) is 0.0556. The Labute approximate surface area is 359 Å². The van der Waals surface area contributed by atoms with Crippen molar-refractivity contribution in [2.24, 2.45) is 15.0 Å². The van der Waals surface area contributed by atoms with Crippen LogP contribution in [-0.2, 0) is 6.54 Å². The maximum absolute atomic E-state index is 6.36. The first-order chi connectivity index (χ1) is 30.0. The van der Waals surface area contributed by atoms with Crippen molar-refractivity contribution in [1.29, 1.82) is 0 Å². The Morgan fingerprint density at radius 3 is 2.18 bits per heavy atom. The molecule has 0 fully saturated rings. The van der Waals surface area contributed by atoms with E-state index in [0.29, 0.717) is 29.6 Å². The van der Waals surface area contributed by atoms with Gasteiger partial charge in [0.1, 0.15) is 16.8 Å². The van der Waals surface area contributed by atoms with Gasteiger partial charge in [-0.05, 0) is 61.5 Å². The van der Waals surface area contributed by atoms with E-state index in [1.54, 1.807) is 17.4 Å². The molecule has 0 radical (unpaired) electrons. The number of benzene rings is 6. The summed E-state index contributed by atoms with van der Waals surface area (Å²) in [5.74, 6) is 1.73. The highest BCUT2D eigenvalue weighted by atomic mass is 32.1. The summed E-state index contributed by atoms with van der Waals surface area (Å²) in [4.78, 5) is 24.9. The van der Waals surface area contributed by atoms with E-state index in [2.05, 4.69) is 104 Å². The van der Waals surface area contributed by atoms with Crippen molar-refractivity contribution in [2.75, 3.05) is 0 Å². The lowest BCUT2D eigenvalue weighted by atomic mass is 10.0. The van der Waals surface area contributed by atoms with Crippen LogP contribution in [0.4, 0.5) is 0 Å². The number of rotatable bonds is 9. The molecule has 3 aromatic heterocycles. The van der Waals surface area contributed by atoms with Gasteiger partial charge in [0.2, 0.25) is 0 Å². The average molecular weight is 810 g/mol. The highest BCUT2D eigenvalue weighted by Crippen LogP contribution is 2.40. The number of fused-ring (bicyclic) bond motifs is 6. The van der Waals surface area contributed by atoms with Gasteiger partial charge in [-0.25, -0.2) is 20.0 Å². The van der Waals surface area contributed by atoms with E-state index in [1.165, 1.54) is 0 Å². The number of furan rings is 1. The first-order valence-corrected chi connectivity index (χ1v) is 20.8. The van der Waals surface area contributed by atoms with Crippen molar-refractivity contribution < 1.29 is 4.42 Å². The predicted molar refractivity (Wildman–Crippen MR) is 261 cm³/mol. The van der Waals surface area contributed by atoms with Crippen LogP contribution in [0.2, 0.25) is 0 Å². The molecule has 61 heavy (non-hydrogen) atoms. The molecular weight excluding hydrogens is 767 g/mol. The molecule has 6 nitrogen and oxygen atoms in total. The zero-order valence-electron chi connectivity index (χ0n) is 34.1. The summed E-state index contributed by atoms with van der Waals surface area (Å²) in [5, 5.41) is 3.14. The Balaban J connectivity index is 0.00000166. The number of amidine groups is 2. The number of nitrogens with zero attached hydrogens (tertiary/aromatic N) is 5. The molecular formula is C54H43N5OS. The maximum Gasteiger partial charge on any atom is 0.180 e. The zero-order valence-corrected chi connectivity index (χ0v) is 34.9. The van der Waals surface area contributed by atoms with Crippen LogP contribution in [-0.4, -0.2) is 28.4 Å². The SMILES string of the molecule is C=C/C=C(\C=C/C)c1ccc(CN=C(N=C(N=C)c2ccccc2)c2cccc3sc4cc(-c5nc(-c6ccccc6)c6oc7ccccc7c6n5)ccc4c23)cc1.C=CC. The molecule has 3 heterocycles. The summed E-state index contributed by atoms with van der Waals surface area (Å²) in [6, 6.07) is 49.3. The predicted octanol–water partition coefficient (Wildman–Crippen LogP) is 14.5. The Morgan fingerprint density at radius 2 is 1.44 bits per heavy atom. The number of aliphatic imine (C=N–C) groups is 3. The van der Waals surface area contributed by atoms with Gasteiger partial charge in [-0.3, -0.25) is 4.99 Å². The van der Waals surface area contributed by atoms with E-state index in [9.17, 15) is 0 Å². The molecule has 0 bridgehead atoms. The van der Waals surface area contributed by atoms with Crippen molar-refractivity contribution in [3.05, 3.63) is 211 Å². The second kappa shape index (κ2) is 18.5. The fourth-order valence-electron chi connectivity index (χ4n) is 7.25. The molecule has 7 heteroatoms. The van der Waals surface area contributed by atoms with Crippen molar-refractivity contribution >= 4 is 77.5 Å². The van der Waals surface area contributed by atoms with Crippen LogP contribution in [0.25, 0.3) is 70.5 Å². The molecule has 0 atom stereocenters. The van der Waals surface area contributed by atoms with Gasteiger partial charge in [0.25, 0.3) is 0 Å². The van der Waals surface area contributed by atoms with Gasteiger partial charge in [0.05, 0.1) is 6.54 Å². The lowest BCUT2D eigenvalue weighted by molar-refractivity contribution is 0.667. The van der Waals surface area contributed by atoms with Crippen molar-refractivity contribution in [3.8, 4) is 22.6 Å². The molecule has 0 spiro atoms. The molecule has 0 aliphatic heterocycles. The van der Waals surface area contributed by atoms with Crippen molar-refractivity contribution in [2.45, 2.75) is 20.4 Å². The van der Waals surface area contributed by atoms with Crippen LogP contribution < -0.4 is 0 Å². The Bertz CT molecular complexity index is 3170. The van der Waals surface area contributed by atoms with Gasteiger partial charge in [-0.15, -0.1) is 17.9 Å². The summed E-state index contributed by atoms with van der Waals surface area (Å²) in [6.45, 7) is 15.5. The van der Waals surface area contributed by atoms with Gasteiger partial charge in [-0.1, -0.05) is 158 Å². The van der Waals surface area contributed by atoms with Crippen LogP contribution in [0.1, 0.15) is 36.1 Å². The minimum Gasteiger partial charge on any atom is -0.452 e. The molecule has 6 aromatic carbocycles. The first-order valence-electron chi connectivity index (χ1n) is 20.0. The van der Waals surface area contributed by atoms with E-state index < -0.39 is 0 Å². The number of hydrogen-bond acceptors (Lipinski definition) is 5. The molecule has 0 amide bonds. The van der Waals surface area contributed by atoms with E-state index in [0.717, 1.165) is 81.3 Å². The fourth-order valence-corrected chi connectivity index (χ4v) is 8.42. The summed E-state index contributed by atoms with van der Waals surface area (Å²) < 4.78 is 8.59. The molecule has 0 saturated heterocycles. The van der Waals surface area contributed by atoms with Gasteiger partial charge in [-0.2, -0.15) is 0 Å². The molecule has 0 saturated carbocycles. The Kier molecular flexibility index (Phi) is 12.2. The average Bonchev–Trinajstić information content (AvgIpc) is 3.88. The largest absolute Gasteiger partial charge is 0.452 e. The van der Waals surface area contributed by atoms with E-state index in [4.69, 9.17) is 24.4 Å². The summed E-state index contributed by atoms with van der Waals surface area (Å²) in [5.41, 5.74) is 9.97. The second-order valence-corrected chi connectivity index (χ2v) is 15.2. The van der Waals surface area contributed by atoms with Gasteiger partial charge in [0.15, 0.2) is 23.1 Å². The molecule has 296 valence electrons. The van der Waals surface area contributed by atoms with Crippen LogP contribution in [0, 0.1) is 0 Å². The number of aromatic nitrogens is 2. The normalized spacial score (nSPS) is 12.3. The third-order valence-corrected chi connectivity index (χ3v) is 11.1. The van der Waals surface area contributed by atoms with E-state index in [-0.39, 0.29) is 0 Å². The quantitative estimate of drug-likeness (QED) is 0.0631. The van der Waals surface area contributed by atoms with Gasteiger partial charge >= 0.3 is 0 Å². The van der Waals surface area contributed by atoms with Gasteiger partial charge < -0.3 is 4.42 Å². The lowest BCUT2D eigenvalue weighted by Crippen LogP contribution is -2.06. The summed E-state index contributed by atoms with van der Waals surface area (Å²) in [6.07, 6.45) is 9.68. The monoisotopic (exact) mass is 809 g/mol. The molecule has 0 aliphatic rings. The number of allylic oxidation sites excluding steroid dienone is 6. The smallest absolute Gasteiger partial charge is 0.180 e. The van der Waals surface area contributed by atoms with E-state index in [1.807, 2.05) is 105 Å². The molecule has 0 aliphatic carbocycles. The van der Waals surface area contributed by atoms with Crippen LogP contribution in [0.15, 0.2) is 209 Å². The zero-order chi connectivity index (χ0) is 42.1. The number of hydrogen-bond donors (Lipinski definition) is 0. The van der Waals surface area contributed by atoms with Gasteiger partial charge in [0, 0.05) is 47.8 Å². The third kappa shape index (κ3) is 8.46. The van der Waals surface area contributed by atoms with Crippen molar-refractivity contribution in [1.82, 2.24) is 9.97 Å². The first kappa shape index (κ1) is 40.2. The molecule has 0 unspecified atom stereocenters. The van der Waals surface area contributed by atoms with Crippen LogP contribution >= 0.6 is 11.3 Å².